The highest BCUT2D eigenvalue weighted by molar-refractivity contribution is 8.03. The molecular formula is C22H20ClN3O2S. The van der Waals surface area contributed by atoms with Gasteiger partial charge < -0.3 is 10.6 Å². The highest BCUT2D eigenvalue weighted by atomic mass is 35.5. The van der Waals surface area contributed by atoms with E-state index in [-0.39, 0.29) is 29.9 Å². The zero-order valence-corrected chi connectivity index (χ0v) is 17.7. The number of rotatable bonds is 5. The van der Waals surface area contributed by atoms with Gasteiger partial charge in [0.1, 0.15) is 0 Å². The van der Waals surface area contributed by atoms with Gasteiger partial charge in [0.25, 0.3) is 0 Å². The average Bonchev–Trinajstić information content (AvgIpc) is 2.69. The first-order valence-corrected chi connectivity index (χ1v) is 10.4. The van der Waals surface area contributed by atoms with Crippen molar-refractivity contribution in [2.24, 2.45) is 0 Å². The number of benzene rings is 2. The molecule has 5 nitrogen and oxygen atoms in total. The maximum Gasteiger partial charge on any atom is 0.234 e. The number of aryl methyl sites for hydroxylation is 2. The van der Waals surface area contributed by atoms with Gasteiger partial charge in [0.2, 0.25) is 11.8 Å². The largest absolute Gasteiger partial charge is 0.325 e. The molecule has 0 unspecified atom stereocenters. The summed E-state index contributed by atoms with van der Waals surface area (Å²) in [5.41, 5.74) is 4.09. The van der Waals surface area contributed by atoms with E-state index in [1.54, 1.807) is 12.1 Å². The smallest absolute Gasteiger partial charge is 0.234 e. The number of thioether (sulfide) groups is 1. The van der Waals surface area contributed by atoms with Crippen LogP contribution in [0, 0.1) is 25.2 Å². The zero-order valence-electron chi connectivity index (χ0n) is 16.1. The van der Waals surface area contributed by atoms with Crippen molar-refractivity contribution in [3.63, 3.8) is 0 Å². The zero-order chi connectivity index (χ0) is 21.0. The molecule has 2 amide bonds. The van der Waals surface area contributed by atoms with E-state index in [0.29, 0.717) is 15.6 Å². The molecule has 0 bridgehead atoms. The molecule has 2 aromatic rings. The van der Waals surface area contributed by atoms with E-state index >= 15 is 0 Å². The van der Waals surface area contributed by atoms with E-state index in [1.807, 2.05) is 44.2 Å². The molecular weight excluding hydrogens is 406 g/mol. The number of hydrogen-bond donors (Lipinski definition) is 2. The van der Waals surface area contributed by atoms with E-state index in [9.17, 15) is 14.9 Å². The van der Waals surface area contributed by atoms with Gasteiger partial charge in [-0.05, 0) is 48.7 Å². The fourth-order valence-corrected chi connectivity index (χ4v) is 4.11. The predicted molar refractivity (Wildman–Crippen MR) is 117 cm³/mol. The third kappa shape index (κ3) is 5.20. The quantitative estimate of drug-likeness (QED) is 0.729. The maximum atomic E-state index is 12.4. The van der Waals surface area contributed by atoms with Crippen LogP contribution in [0.15, 0.2) is 53.1 Å². The van der Waals surface area contributed by atoms with E-state index < -0.39 is 0 Å². The summed E-state index contributed by atoms with van der Waals surface area (Å²) in [5, 5.41) is 16.4. The normalized spacial score (nSPS) is 16.2. The second-order valence-corrected chi connectivity index (χ2v) is 8.29. The van der Waals surface area contributed by atoms with Crippen molar-refractivity contribution < 1.29 is 9.59 Å². The van der Waals surface area contributed by atoms with Gasteiger partial charge in [-0.1, -0.05) is 47.6 Å². The number of halogens is 1. The van der Waals surface area contributed by atoms with Crippen LogP contribution in [0.3, 0.4) is 0 Å². The van der Waals surface area contributed by atoms with Crippen molar-refractivity contribution in [1.82, 2.24) is 5.32 Å². The van der Waals surface area contributed by atoms with Gasteiger partial charge in [-0.25, -0.2) is 0 Å². The van der Waals surface area contributed by atoms with E-state index in [2.05, 4.69) is 16.7 Å². The summed E-state index contributed by atoms with van der Waals surface area (Å²) in [4.78, 5) is 24.6. The first kappa shape index (κ1) is 21.0. The van der Waals surface area contributed by atoms with Crippen molar-refractivity contribution >= 4 is 40.9 Å². The Morgan fingerprint density at radius 2 is 2.00 bits per heavy atom. The van der Waals surface area contributed by atoms with E-state index in [0.717, 1.165) is 34.1 Å². The van der Waals surface area contributed by atoms with Crippen LogP contribution < -0.4 is 10.6 Å². The number of anilines is 1. The number of hydrogen-bond acceptors (Lipinski definition) is 4. The van der Waals surface area contributed by atoms with Crippen LogP contribution in [0.5, 0.6) is 0 Å². The van der Waals surface area contributed by atoms with Crippen LogP contribution in [0.1, 0.15) is 29.0 Å². The molecule has 2 aromatic carbocycles. The van der Waals surface area contributed by atoms with Gasteiger partial charge in [-0.3, -0.25) is 9.59 Å². The summed E-state index contributed by atoms with van der Waals surface area (Å²) >= 11 is 7.11. The molecule has 0 saturated heterocycles. The number of carbonyl (C=O) groups excluding carboxylic acids is 2. The fourth-order valence-electron chi connectivity index (χ4n) is 3.11. The fraction of sp³-hybridized carbons (Fsp3) is 0.227. The predicted octanol–water partition coefficient (Wildman–Crippen LogP) is 4.67. The molecule has 1 atom stereocenters. The van der Waals surface area contributed by atoms with Crippen molar-refractivity contribution in [2.75, 3.05) is 11.1 Å². The van der Waals surface area contributed by atoms with E-state index in [1.165, 1.54) is 0 Å². The second kappa shape index (κ2) is 9.17. The Morgan fingerprint density at radius 1 is 1.28 bits per heavy atom. The van der Waals surface area contributed by atoms with Crippen LogP contribution in [0.4, 0.5) is 5.69 Å². The molecule has 1 aliphatic rings. The standard InChI is InChI=1S/C22H20ClN3O2S/c1-13-3-4-14(2)19(9-13)25-21(28)12-29-22-18(11-24)17(10-20(27)26-22)15-5-7-16(23)8-6-15/h3-9,17H,10,12H2,1-2H3,(H,25,28)(H,26,27)/t17-/m0/s1. The lowest BCUT2D eigenvalue weighted by molar-refractivity contribution is -0.121. The Labute approximate surface area is 179 Å². The molecule has 1 heterocycles. The number of allylic oxidation sites excluding steroid dienone is 1. The molecule has 3 rings (SSSR count). The Hall–Kier alpha value is -2.75. The van der Waals surface area contributed by atoms with E-state index in [4.69, 9.17) is 11.6 Å². The van der Waals surface area contributed by atoms with Crippen molar-refractivity contribution in [3.8, 4) is 6.07 Å². The minimum Gasteiger partial charge on any atom is -0.325 e. The Kier molecular flexibility index (Phi) is 6.63. The summed E-state index contributed by atoms with van der Waals surface area (Å²) in [6, 6.07) is 15.2. The van der Waals surface area contributed by atoms with Crippen LogP contribution in [-0.2, 0) is 9.59 Å². The molecule has 2 N–H and O–H groups in total. The van der Waals surface area contributed by atoms with Crippen LogP contribution >= 0.6 is 23.4 Å². The SMILES string of the molecule is Cc1ccc(C)c(NC(=O)CSC2=C(C#N)[C@H](c3ccc(Cl)cc3)CC(=O)N2)c1. The summed E-state index contributed by atoms with van der Waals surface area (Å²) in [6.45, 7) is 3.89. The summed E-state index contributed by atoms with van der Waals surface area (Å²) in [5.74, 6) is -0.644. The van der Waals surface area contributed by atoms with Gasteiger partial charge in [0.15, 0.2) is 0 Å². The van der Waals surface area contributed by atoms with Crippen LogP contribution in [-0.4, -0.2) is 17.6 Å². The third-order valence-corrected chi connectivity index (χ3v) is 5.91. The summed E-state index contributed by atoms with van der Waals surface area (Å²) in [6.07, 6.45) is 0.184. The van der Waals surface area contributed by atoms with Gasteiger partial charge in [0, 0.05) is 23.0 Å². The highest BCUT2D eigenvalue weighted by Crippen LogP contribution is 2.36. The second-order valence-electron chi connectivity index (χ2n) is 6.87. The Bertz CT molecular complexity index is 1030. The number of carbonyl (C=O) groups is 2. The minimum absolute atomic E-state index is 0.0848. The molecule has 0 radical (unpaired) electrons. The molecule has 0 aromatic heterocycles. The minimum atomic E-state index is -0.351. The molecule has 148 valence electrons. The highest BCUT2D eigenvalue weighted by Gasteiger charge is 2.29. The Balaban J connectivity index is 1.76. The van der Waals surface area contributed by atoms with Gasteiger partial charge in [-0.15, -0.1) is 0 Å². The van der Waals surface area contributed by atoms with Crippen LogP contribution in [0.2, 0.25) is 5.02 Å². The number of nitriles is 1. The molecule has 0 aliphatic carbocycles. The van der Waals surface area contributed by atoms with Crippen molar-refractivity contribution in [1.29, 1.82) is 5.26 Å². The average molecular weight is 426 g/mol. The Morgan fingerprint density at radius 3 is 2.69 bits per heavy atom. The number of nitrogens with zero attached hydrogens (tertiary/aromatic N) is 1. The van der Waals surface area contributed by atoms with Crippen LogP contribution in [0.25, 0.3) is 0 Å². The molecule has 7 heteroatoms. The molecule has 0 saturated carbocycles. The number of nitrogens with one attached hydrogen (secondary N) is 2. The van der Waals surface area contributed by atoms with Gasteiger partial charge in [-0.2, -0.15) is 5.26 Å². The molecule has 0 fully saturated rings. The first-order chi connectivity index (χ1) is 13.9. The van der Waals surface area contributed by atoms with Crippen molar-refractivity contribution in [3.05, 3.63) is 74.8 Å². The third-order valence-electron chi connectivity index (χ3n) is 4.64. The monoisotopic (exact) mass is 425 g/mol. The summed E-state index contributed by atoms with van der Waals surface area (Å²) < 4.78 is 0. The molecule has 1 aliphatic heterocycles. The van der Waals surface area contributed by atoms with Gasteiger partial charge >= 0.3 is 0 Å². The lowest BCUT2D eigenvalue weighted by atomic mass is 9.87. The maximum absolute atomic E-state index is 12.4. The first-order valence-electron chi connectivity index (χ1n) is 9.07. The van der Waals surface area contributed by atoms with Gasteiger partial charge in [0.05, 0.1) is 22.4 Å². The number of amides is 2. The van der Waals surface area contributed by atoms with Crippen molar-refractivity contribution in [2.45, 2.75) is 26.2 Å². The topological polar surface area (TPSA) is 82.0 Å². The molecule has 29 heavy (non-hydrogen) atoms. The lowest BCUT2D eigenvalue weighted by Crippen LogP contribution is -2.31. The summed E-state index contributed by atoms with van der Waals surface area (Å²) in [7, 11) is 0. The molecule has 0 spiro atoms. The lowest BCUT2D eigenvalue weighted by Gasteiger charge is -2.25.